The van der Waals surface area contributed by atoms with Gasteiger partial charge in [0.1, 0.15) is 0 Å². The molecule has 1 amide bonds. The smallest absolute Gasteiger partial charge is 0.414 e. The number of rotatable bonds is 9. The molecule has 4 N–H and O–H groups in total. The first-order chi connectivity index (χ1) is 14.3. The molecule has 1 aromatic heterocycles. The standard InChI is InChI=1S/C17H22N2O4S.C2H2O4/c1-21-13-7-6-12(15(22-2)16(13)23-3)11-18-8-9-19-17(20)14-5-4-10-24-14;3-1(4)2(5)6/h4-7,10,18H,8-9,11H2,1-3H3,(H,19,20);(H,3,4)(H,5,6). The van der Waals surface area contributed by atoms with Crippen molar-refractivity contribution in [1.82, 2.24) is 10.6 Å². The summed E-state index contributed by atoms with van der Waals surface area (Å²) in [5.74, 6) is -1.85. The van der Waals surface area contributed by atoms with Gasteiger partial charge in [-0.1, -0.05) is 12.1 Å². The third-order valence-electron chi connectivity index (χ3n) is 3.62. The van der Waals surface area contributed by atoms with Gasteiger partial charge in [-0.05, 0) is 17.5 Å². The van der Waals surface area contributed by atoms with Gasteiger partial charge in [0.05, 0.1) is 26.2 Å². The number of hydrogen-bond donors (Lipinski definition) is 4. The second-order valence-electron chi connectivity index (χ2n) is 5.51. The molecule has 2 rings (SSSR count). The van der Waals surface area contributed by atoms with Crippen LogP contribution in [0, 0.1) is 0 Å². The van der Waals surface area contributed by atoms with Crippen molar-refractivity contribution in [2.24, 2.45) is 0 Å². The highest BCUT2D eigenvalue weighted by Gasteiger charge is 2.15. The van der Waals surface area contributed by atoms with E-state index >= 15 is 0 Å². The molecule has 0 bridgehead atoms. The lowest BCUT2D eigenvalue weighted by molar-refractivity contribution is -0.159. The third kappa shape index (κ3) is 7.60. The van der Waals surface area contributed by atoms with E-state index in [0.717, 1.165) is 10.4 Å². The van der Waals surface area contributed by atoms with Gasteiger partial charge in [-0.15, -0.1) is 11.3 Å². The molecule has 1 aromatic carbocycles. The Labute approximate surface area is 177 Å². The Bertz CT molecular complexity index is 827. The van der Waals surface area contributed by atoms with E-state index in [9.17, 15) is 4.79 Å². The molecule has 0 atom stereocenters. The van der Waals surface area contributed by atoms with Crippen LogP contribution in [-0.4, -0.2) is 62.5 Å². The molecule has 0 saturated heterocycles. The number of nitrogens with one attached hydrogen (secondary N) is 2. The lowest BCUT2D eigenvalue weighted by Crippen LogP contribution is -2.31. The van der Waals surface area contributed by atoms with Crippen molar-refractivity contribution in [3.8, 4) is 17.2 Å². The van der Waals surface area contributed by atoms with Crippen LogP contribution in [0.4, 0.5) is 0 Å². The maximum Gasteiger partial charge on any atom is 0.414 e. The first kappa shape index (κ1) is 24.7. The second kappa shape index (κ2) is 13.0. The molecule has 10 nitrogen and oxygen atoms in total. The van der Waals surface area contributed by atoms with Gasteiger partial charge in [0.25, 0.3) is 5.91 Å². The largest absolute Gasteiger partial charge is 0.493 e. The molecule has 0 fully saturated rings. The number of hydrogen-bond acceptors (Lipinski definition) is 8. The minimum atomic E-state index is -1.82. The Hall–Kier alpha value is -3.31. The average molecular weight is 440 g/mol. The maximum atomic E-state index is 11.8. The molecular weight excluding hydrogens is 416 g/mol. The summed E-state index contributed by atoms with van der Waals surface area (Å²) in [4.78, 5) is 30.7. The fourth-order valence-electron chi connectivity index (χ4n) is 2.28. The van der Waals surface area contributed by atoms with Crippen LogP contribution in [0.25, 0.3) is 0 Å². The molecule has 0 radical (unpaired) electrons. The molecule has 164 valence electrons. The summed E-state index contributed by atoms with van der Waals surface area (Å²) < 4.78 is 16.1. The zero-order chi connectivity index (χ0) is 22.5. The number of amides is 1. The highest BCUT2D eigenvalue weighted by Crippen LogP contribution is 2.39. The molecule has 0 aliphatic rings. The van der Waals surface area contributed by atoms with Gasteiger partial charge < -0.3 is 35.1 Å². The number of ether oxygens (including phenoxy) is 3. The quantitative estimate of drug-likeness (QED) is 0.336. The van der Waals surface area contributed by atoms with E-state index in [1.54, 1.807) is 21.3 Å². The number of benzene rings is 1. The molecule has 0 aliphatic heterocycles. The number of carbonyl (C=O) groups is 3. The first-order valence-electron chi connectivity index (χ1n) is 8.62. The Kier molecular flexibility index (Phi) is 10.7. The van der Waals surface area contributed by atoms with E-state index in [-0.39, 0.29) is 5.91 Å². The Morgan fingerprint density at radius 3 is 2.10 bits per heavy atom. The summed E-state index contributed by atoms with van der Waals surface area (Å²) in [7, 11) is 4.77. The number of methoxy groups -OCH3 is 3. The summed E-state index contributed by atoms with van der Waals surface area (Å²) in [6, 6.07) is 7.44. The fourth-order valence-corrected chi connectivity index (χ4v) is 2.92. The zero-order valence-corrected chi connectivity index (χ0v) is 17.6. The van der Waals surface area contributed by atoms with Crippen molar-refractivity contribution in [3.05, 3.63) is 40.1 Å². The number of aliphatic carboxylic acids is 2. The van der Waals surface area contributed by atoms with Crippen LogP contribution in [0.1, 0.15) is 15.2 Å². The van der Waals surface area contributed by atoms with E-state index < -0.39 is 11.9 Å². The summed E-state index contributed by atoms with van der Waals surface area (Å²) in [5.41, 5.74) is 0.958. The number of thiophene rings is 1. The average Bonchev–Trinajstić information content (AvgIpc) is 3.28. The van der Waals surface area contributed by atoms with E-state index in [1.165, 1.54) is 11.3 Å². The Morgan fingerprint density at radius 2 is 1.60 bits per heavy atom. The zero-order valence-electron chi connectivity index (χ0n) is 16.8. The van der Waals surface area contributed by atoms with E-state index in [0.29, 0.717) is 36.9 Å². The van der Waals surface area contributed by atoms with Crippen LogP contribution in [0.15, 0.2) is 29.6 Å². The topological polar surface area (TPSA) is 143 Å². The van der Waals surface area contributed by atoms with Gasteiger partial charge in [-0.2, -0.15) is 0 Å². The van der Waals surface area contributed by atoms with Gasteiger partial charge in [0, 0.05) is 25.2 Å². The lowest BCUT2D eigenvalue weighted by atomic mass is 10.1. The molecular formula is C19H24N2O8S. The normalized spacial score (nSPS) is 9.70. The first-order valence-corrected chi connectivity index (χ1v) is 9.50. The highest BCUT2D eigenvalue weighted by atomic mass is 32.1. The van der Waals surface area contributed by atoms with Crippen LogP contribution < -0.4 is 24.8 Å². The fraction of sp³-hybridized carbons (Fsp3) is 0.316. The Balaban J connectivity index is 0.000000656. The van der Waals surface area contributed by atoms with Crippen molar-refractivity contribution in [3.63, 3.8) is 0 Å². The van der Waals surface area contributed by atoms with Gasteiger partial charge in [0.15, 0.2) is 11.5 Å². The van der Waals surface area contributed by atoms with Crippen LogP contribution in [-0.2, 0) is 16.1 Å². The maximum absolute atomic E-state index is 11.8. The van der Waals surface area contributed by atoms with E-state index in [4.69, 9.17) is 34.0 Å². The highest BCUT2D eigenvalue weighted by molar-refractivity contribution is 7.12. The van der Waals surface area contributed by atoms with Gasteiger partial charge in [0.2, 0.25) is 5.75 Å². The van der Waals surface area contributed by atoms with Crippen LogP contribution in [0.2, 0.25) is 0 Å². The Morgan fingerprint density at radius 1 is 0.933 bits per heavy atom. The molecule has 11 heteroatoms. The van der Waals surface area contributed by atoms with Crippen molar-refractivity contribution < 1.29 is 38.8 Å². The van der Waals surface area contributed by atoms with Crippen molar-refractivity contribution in [1.29, 1.82) is 0 Å². The van der Waals surface area contributed by atoms with Crippen LogP contribution in [0.5, 0.6) is 17.2 Å². The van der Waals surface area contributed by atoms with Crippen molar-refractivity contribution >= 4 is 29.2 Å². The van der Waals surface area contributed by atoms with Crippen molar-refractivity contribution in [2.75, 3.05) is 34.4 Å². The predicted octanol–water partition coefficient (Wildman–Crippen LogP) is 1.45. The summed E-state index contributed by atoms with van der Waals surface area (Å²) >= 11 is 1.43. The number of carboxylic acid groups (broad SMARTS) is 2. The minimum absolute atomic E-state index is 0.0458. The number of carboxylic acids is 2. The van der Waals surface area contributed by atoms with Crippen LogP contribution in [0.3, 0.4) is 0 Å². The molecule has 2 aromatic rings. The molecule has 0 spiro atoms. The van der Waals surface area contributed by atoms with Crippen molar-refractivity contribution in [2.45, 2.75) is 6.54 Å². The van der Waals surface area contributed by atoms with Gasteiger partial charge in [-0.3, -0.25) is 4.79 Å². The molecule has 1 heterocycles. The van der Waals surface area contributed by atoms with E-state index in [1.807, 2.05) is 29.6 Å². The minimum Gasteiger partial charge on any atom is -0.493 e. The second-order valence-corrected chi connectivity index (χ2v) is 6.46. The molecule has 0 unspecified atom stereocenters. The van der Waals surface area contributed by atoms with E-state index in [2.05, 4.69) is 10.6 Å². The lowest BCUT2D eigenvalue weighted by Gasteiger charge is -2.16. The molecule has 0 aliphatic carbocycles. The SMILES string of the molecule is COc1ccc(CNCCNC(=O)c2cccs2)c(OC)c1OC.O=C(O)C(=O)O. The summed E-state index contributed by atoms with van der Waals surface area (Å²) in [5, 5.41) is 22.8. The van der Waals surface area contributed by atoms with Crippen LogP contribution >= 0.6 is 11.3 Å². The third-order valence-corrected chi connectivity index (χ3v) is 4.49. The molecule has 30 heavy (non-hydrogen) atoms. The number of carbonyl (C=O) groups excluding carboxylic acids is 1. The van der Waals surface area contributed by atoms with Gasteiger partial charge >= 0.3 is 11.9 Å². The molecule has 0 saturated carbocycles. The summed E-state index contributed by atoms with van der Waals surface area (Å²) in [6.07, 6.45) is 0. The van der Waals surface area contributed by atoms with Gasteiger partial charge in [-0.25, -0.2) is 9.59 Å². The monoisotopic (exact) mass is 440 g/mol. The predicted molar refractivity (Wildman–Crippen MR) is 110 cm³/mol. The summed E-state index contributed by atoms with van der Waals surface area (Å²) in [6.45, 7) is 1.79.